The highest BCUT2D eigenvalue weighted by Crippen LogP contribution is 2.25. The predicted molar refractivity (Wildman–Crippen MR) is 53.7 cm³/mol. The van der Waals surface area contributed by atoms with Gasteiger partial charge in [0.1, 0.15) is 5.82 Å². The molecule has 0 aliphatic carbocycles. The minimum Gasteiger partial charge on any atom is -0.207 e. The molecule has 0 bridgehead atoms. The van der Waals surface area contributed by atoms with Gasteiger partial charge in [0.15, 0.2) is 0 Å². The zero-order valence-corrected chi connectivity index (χ0v) is 9.04. The third-order valence-corrected chi connectivity index (χ3v) is 3.12. The van der Waals surface area contributed by atoms with Crippen LogP contribution in [0.1, 0.15) is 5.56 Å². The minimum atomic E-state index is -0.297. The van der Waals surface area contributed by atoms with Crippen LogP contribution in [0.25, 0.3) is 0 Å². The molecule has 0 spiro atoms. The van der Waals surface area contributed by atoms with Crippen LogP contribution in [0.15, 0.2) is 12.1 Å². The monoisotopic (exact) mass is 304 g/mol. The van der Waals surface area contributed by atoms with Gasteiger partial charge >= 0.3 is 0 Å². The van der Waals surface area contributed by atoms with Crippen LogP contribution in [0.2, 0.25) is 5.02 Å². The first-order valence-corrected chi connectivity index (χ1v) is 4.83. The molecule has 1 aromatic rings. The fraction of sp³-hybridized carbons (Fsp3) is 0.143. The van der Waals surface area contributed by atoms with E-state index in [-0.39, 0.29) is 11.7 Å². The lowest BCUT2D eigenvalue weighted by atomic mass is 10.2. The van der Waals surface area contributed by atoms with Gasteiger partial charge in [0, 0.05) is 9.45 Å². The maximum absolute atomic E-state index is 12.7. The Hall–Kier alpha value is 0.460. The molecule has 0 atom stereocenters. The lowest BCUT2D eigenvalue weighted by Gasteiger charge is -2.01. The summed E-state index contributed by atoms with van der Waals surface area (Å²) in [5, 5.41) is 0.544. The smallest absolute Gasteiger partial charge is 0.124 e. The summed E-state index contributed by atoms with van der Waals surface area (Å²) in [6.07, 6.45) is 0. The van der Waals surface area contributed by atoms with Crippen molar-refractivity contribution in [3.05, 3.63) is 32.1 Å². The second-order valence-electron chi connectivity index (χ2n) is 1.99. The highest BCUT2D eigenvalue weighted by Gasteiger charge is 2.05. The molecular formula is C7H4Cl2FI. The molecule has 0 saturated carbocycles. The van der Waals surface area contributed by atoms with Crippen molar-refractivity contribution in [3.8, 4) is 0 Å². The first-order chi connectivity index (χ1) is 5.15. The van der Waals surface area contributed by atoms with Crippen molar-refractivity contribution in [3.63, 3.8) is 0 Å². The molecule has 0 nitrogen and oxygen atoms in total. The molecule has 0 unspecified atom stereocenters. The molecule has 0 aliphatic heterocycles. The van der Waals surface area contributed by atoms with Crippen molar-refractivity contribution in [1.82, 2.24) is 0 Å². The Kier molecular flexibility index (Phi) is 3.40. The molecule has 0 fully saturated rings. The van der Waals surface area contributed by atoms with Gasteiger partial charge < -0.3 is 0 Å². The van der Waals surface area contributed by atoms with Crippen LogP contribution < -0.4 is 0 Å². The number of hydrogen-bond donors (Lipinski definition) is 0. The van der Waals surface area contributed by atoms with E-state index >= 15 is 0 Å². The van der Waals surface area contributed by atoms with E-state index in [4.69, 9.17) is 23.2 Å². The van der Waals surface area contributed by atoms with Crippen LogP contribution in [0.3, 0.4) is 0 Å². The van der Waals surface area contributed by atoms with Crippen LogP contribution in [0.4, 0.5) is 4.39 Å². The van der Waals surface area contributed by atoms with Gasteiger partial charge in [-0.1, -0.05) is 11.6 Å². The van der Waals surface area contributed by atoms with Crippen LogP contribution in [0, 0.1) is 9.39 Å². The van der Waals surface area contributed by atoms with Crippen molar-refractivity contribution in [2.75, 3.05) is 0 Å². The Bertz CT molecular complexity index is 275. The largest absolute Gasteiger partial charge is 0.207 e. The summed E-state index contributed by atoms with van der Waals surface area (Å²) >= 11 is 13.3. The topological polar surface area (TPSA) is 0 Å². The van der Waals surface area contributed by atoms with Crippen molar-refractivity contribution in [2.24, 2.45) is 0 Å². The van der Waals surface area contributed by atoms with Gasteiger partial charge in [-0.05, 0) is 40.3 Å². The summed E-state index contributed by atoms with van der Waals surface area (Å²) in [5.41, 5.74) is 0.637. The highest BCUT2D eigenvalue weighted by molar-refractivity contribution is 14.1. The Morgan fingerprint density at radius 2 is 2.09 bits per heavy atom. The van der Waals surface area contributed by atoms with Crippen molar-refractivity contribution in [2.45, 2.75) is 5.88 Å². The first kappa shape index (κ1) is 9.55. The summed E-state index contributed by atoms with van der Waals surface area (Å²) in [5.74, 6) is -0.0542. The normalized spacial score (nSPS) is 10.2. The molecule has 0 heterocycles. The van der Waals surface area contributed by atoms with E-state index in [1.807, 2.05) is 22.6 Å². The molecular weight excluding hydrogens is 301 g/mol. The molecule has 0 radical (unpaired) electrons. The first-order valence-electron chi connectivity index (χ1n) is 2.84. The fourth-order valence-corrected chi connectivity index (χ4v) is 1.81. The number of alkyl halides is 1. The lowest BCUT2D eigenvalue weighted by molar-refractivity contribution is 0.625. The maximum atomic E-state index is 12.7. The van der Waals surface area contributed by atoms with E-state index < -0.39 is 0 Å². The highest BCUT2D eigenvalue weighted by atomic mass is 127. The van der Waals surface area contributed by atoms with Crippen LogP contribution in [-0.2, 0) is 5.88 Å². The van der Waals surface area contributed by atoms with Gasteiger partial charge in [-0.2, -0.15) is 0 Å². The van der Waals surface area contributed by atoms with E-state index in [1.54, 1.807) is 0 Å². The Balaban J connectivity index is 3.24. The van der Waals surface area contributed by atoms with E-state index in [9.17, 15) is 4.39 Å². The predicted octanol–water partition coefficient (Wildman–Crippen LogP) is 3.82. The third kappa shape index (κ3) is 2.20. The van der Waals surface area contributed by atoms with Crippen molar-refractivity contribution < 1.29 is 4.39 Å². The molecule has 1 aromatic carbocycles. The van der Waals surface area contributed by atoms with E-state index in [2.05, 4.69) is 0 Å². The molecule has 0 saturated heterocycles. The number of rotatable bonds is 1. The average Bonchev–Trinajstić information content (AvgIpc) is 1.96. The maximum Gasteiger partial charge on any atom is 0.124 e. The summed E-state index contributed by atoms with van der Waals surface area (Å²) < 4.78 is 13.4. The second kappa shape index (κ2) is 3.92. The van der Waals surface area contributed by atoms with Crippen LogP contribution >= 0.6 is 45.8 Å². The lowest BCUT2D eigenvalue weighted by Crippen LogP contribution is -1.86. The number of halogens is 4. The third-order valence-electron chi connectivity index (χ3n) is 1.21. The van der Waals surface area contributed by atoms with Crippen LogP contribution in [-0.4, -0.2) is 0 Å². The van der Waals surface area contributed by atoms with Gasteiger partial charge in [0.05, 0.1) is 5.02 Å². The Morgan fingerprint density at radius 1 is 1.45 bits per heavy atom. The molecule has 11 heavy (non-hydrogen) atoms. The standard InChI is InChI=1S/C7H4Cl2FI/c8-3-4-1-5(10)2-6(11)7(4)9/h1-2H,3H2. The molecule has 1 rings (SSSR count). The average molecular weight is 305 g/mol. The van der Waals surface area contributed by atoms with Crippen LogP contribution in [0.5, 0.6) is 0 Å². The summed E-state index contributed by atoms with van der Waals surface area (Å²) in [6, 6.07) is 2.72. The van der Waals surface area contributed by atoms with E-state index in [1.165, 1.54) is 12.1 Å². The minimum absolute atomic E-state index is 0.243. The zero-order valence-electron chi connectivity index (χ0n) is 5.37. The van der Waals surface area contributed by atoms with Gasteiger partial charge in [-0.15, -0.1) is 11.6 Å². The van der Waals surface area contributed by atoms with Gasteiger partial charge in [0.25, 0.3) is 0 Å². The molecule has 4 heteroatoms. The number of hydrogen-bond acceptors (Lipinski definition) is 0. The summed E-state index contributed by atoms with van der Waals surface area (Å²) in [7, 11) is 0. The molecule has 0 N–H and O–H groups in total. The fourth-order valence-electron chi connectivity index (χ4n) is 0.707. The summed E-state index contributed by atoms with van der Waals surface area (Å²) in [6.45, 7) is 0. The van der Waals surface area contributed by atoms with E-state index in [0.29, 0.717) is 14.2 Å². The molecule has 0 aliphatic rings. The van der Waals surface area contributed by atoms with Crippen molar-refractivity contribution in [1.29, 1.82) is 0 Å². The van der Waals surface area contributed by atoms with Gasteiger partial charge in [0.2, 0.25) is 0 Å². The summed E-state index contributed by atoms with van der Waals surface area (Å²) in [4.78, 5) is 0. The second-order valence-corrected chi connectivity index (χ2v) is 3.80. The van der Waals surface area contributed by atoms with Gasteiger partial charge in [-0.25, -0.2) is 4.39 Å². The van der Waals surface area contributed by atoms with E-state index in [0.717, 1.165) is 0 Å². The SMILES string of the molecule is Fc1cc(I)c(Cl)c(CCl)c1. The Labute approximate surface area is 87.8 Å². The quantitative estimate of drug-likeness (QED) is 0.420. The Morgan fingerprint density at radius 3 is 2.64 bits per heavy atom. The van der Waals surface area contributed by atoms with Gasteiger partial charge in [-0.3, -0.25) is 0 Å². The van der Waals surface area contributed by atoms with Crippen molar-refractivity contribution >= 4 is 45.8 Å². The molecule has 0 aromatic heterocycles. The molecule has 0 amide bonds. The number of benzene rings is 1. The molecule has 60 valence electrons. The zero-order chi connectivity index (χ0) is 8.43.